The van der Waals surface area contributed by atoms with E-state index in [0.29, 0.717) is 21.7 Å². The van der Waals surface area contributed by atoms with E-state index in [1.54, 1.807) is 24.3 Å². The van der Waals surface area contributed by atoms with Crippen LogP contribution in [-0.2, 0) is 0 Å². The summed E-state index contributed by atoms with van der Waals surface area (Å²) < 4.78 is 25.1. The summed E-state index contributed by atoms with van der Waals surface area (Å²) in [6.07, 6.45) is 1.13. The molecule has 0 aliphatic heterocycles. The Balaban J connectivity index is 2.03. The molecule has 0 saturated carbocycles. The largest absolute Gasteiger partial charge is 0.497 e. The average molecular weight is 464 g/mol. The third-order valence-electron chi connectivity index (χ3n) is 3.85. The van der Waals surface area contributed by atoms with Crippen LogP contribution in [0.3, 0.4) is 0 Å². The Kier molecular flexibility index (Phi) is 6.07. The number of nitrogens with zero attached hydrogens (tertiary/aromatic N) is 3. The molecule has 0 amide bonds. The van der Waals surface area contributed by atoms with Gasteiger partial charge in [-0.15, -0.1) is 0 Å². The van der Waals surface area contributed by atoms with Crippen molar-refractivity contribution in [2.45, 2.75) is 0 Å². The molecule has 0 atom stereocenters. The van der Waals surface area contributed by atoms with Crippen LogP contribution < -0.4 is 20.1 Å². The first-order valence-corrected chi connectivity index (χ1v) is 8.92. The molecule has 0 fully saturated rings. The van der Waals surface area contributed by atoms with E-state index < -0.39 is 16.4 Å². The van der Waals surface area contributed by atoms with Crippen molar-refractivity contribution in [1.29, 1.82) is 0 Å². The highest BCUT2D eigenvalue weighted by molar-refractivity contribution is 9.10. The highest BCUT2D eigenvalue weighted by Gasteiger charge is 2.25. The lowest BCUT2D eigenvalue weighted by atomic mass is 10.2. The first-order valence-electron chi connectivity index (χ1n) is 8.13. The quantitative estimate of drug-likeness (QED) is 0.379. The second-order valence-corrected chi connectivity index (χ2v) is 6.53. The van der Waals surface area contributed by atoms with Gasteiger partial charge in [-0.25, -0.2) is 14.4 Å². The summed E-state index contributed by atoms with van der Waals surface area (Å²) in [6.45, 7) is 0. The second-order valence-electron chi connectivity index (χ2n) is 5.62. The first kappa shape index (κ1) is 20.3. The summed E-state index contributed by atoms with van der Waals surface area (Å²) >= 11 is 3.16. The molecule has 1 aromatic heterocycles. The number of nitro groups is 1. The Morgan fingerprint density at radius 2 is 1.72 bits per heavy atom. The predicted octanol–water partition coefficient (Wildman–Crippen LogP) is 4.79. The van der Waals surface area contributed by atoms with Gasteiger partial charge in [0.1, 0.15) is 23.6 Å². The molecule has 9 nitrogen and oxygen atoms in total. The molecule has 3 aromatic rings. The fraction of sp³-hybridized carbons (Fsp3) is 0.111. The van der Waals surface area contributed by atoms with E-state index in [2.05, 4.69) is 36.5 Å². The molecule has 0 bridgehead atoms. The van der Waals surface area contributed by atoms with E-state index >= 15 is 0 Å². The van der Waals surface area contributed by atoms with Crippen LogP contribution in [0.5, 0.6) is 11.5 Å². The second kappa shape index (κ2) is 8.69. The Morgan fingerprint density at radius 3 is 2.31 bits per heavy atom. The standard InChI is InChI=1S/C18H15BrFN5O4/c1-28-11-4-6-15(29-2)14(8-11)24-18-16(25(26)27)17(21-9-22-18)23-13-5-3-10(19)7-12(13)20/h3-9H,1-2H3,(H2,21,22,23,24). The molecule has 2 N–H and O–H groups in total. The fourth-order valence-electron chi connectivity index (χ4n) is 2.49. The lowest BCUT2D eigenvalue weighted by Gasteiger charge is -2.13. The highest BCUT2D eigenvalue weighted by Crippen LogP contribution is 2.37. The van der Waals surface area contributed by atoms with Gasteiger partial charge in [-0.2, -0.15) is 0 Å². The molecular formula is C18H15BrFN5O4. The summed E-state index contributed by atoms with van der Waals surface area (Å²) in [5.41, 5.74) is -0.0333. The van der Waals surface area contributed by atoms with Gasteiger partial charge in [0.15, 0.2) is 0 Å². The lowest BCUT2D eigenvalue weighted by Crippen LogP contribution is -2.06. The van der Waals surface area contributed by atoms with Gasteiger partial charge in [0, 0.05) is 10.5 Å². The van der Waals surface area contributed by atoms with Crippen molar-refractivity contribution in [3.8, 4) is 11.5 Å². The van der Waals surface area contributed by atoms with Crippen molar-refractivity contribution in [3.63, 3.8) is 0 Å². The van der Waals surface area contributed by atoms with Crippen LogP contribution in [0.1, 0.15) is 0 Å². The zero-order valence-corrected chi connectivity index (χ0v) is 16.9. The van der Waals surface area contributed by atoms with E-state index in [0.717, 1.165) is 6.33 Å². The average Bonchev–Trinajstić information content (AvgIpc) is 2.70. The zero-order valence-electron chi connectivity index (χ0n) is 15.3. The number of benzene rings is 2. The van der Waals surface area contributed by atoms with Crippen molar-refractivity contribution in [2.75, 3.05) is 24.9 Å². The lowest BCUT2D eigenvalue weighted by molar-refractivity contribution is -0.383. The van der Waals surface area contributed by atoms with Crippen molar-refractivity contribution in [2.24, 2.45) is 0 Å². The molecular weight excluding hydrogens is 449 g/mol. The van der Waals surface area contributed by atoms with Crippen LogP contribution in [-0.4, -0.2) is 29.1 Å². The molecule has 3 rings (SSSR count). The van der Waals surface area contributed by atoms with Gasteiger partial charge in [-0.05, 0) is 30.3 Å². The van der Waals surface area contributed by atoms with E-state index in [1.165, 1.54) is 26.4 Å². The summed E-state index contributed by atoms with van der Waals surface area (Å²) in [4.78, 5) is 18.9. The van der Waals surface area contributed by atoms with Gasteiger partial charge < -0.3 is 20.1 Å². The number of hydrogen-bond donors (Lipinski definition) is 2. The Hall–Kier alpha value is -3.47. The van der Waals surface area contributed by atoms with Crippen LogP contribution in [0.2, 0.25) is 0 Å². The molecule has 1 heterocycles. The van der Waals surface area contributed by atoms with E-state index in [-0.39, 0.29) is 17.3 Å². The maximum atomic E-state index is 14.1. The van der Waals surface area contributed by atoms with Gasteiger partial charge >= 0.3 is 5.69 Å². The van der Waals surface area contributed by atoms with Crippen LogP contribution >= 0.6 is 15.9 Å². The van der Waals surface area contributed by atoms with E-state index in [9.17, 15) is 14.5 Å². The molecule has 0 aliphatic carbocycles. The van der Waals surface area contributed by atoms with Gasteiger partial charge in [0.25, 0.3) is 0 Å². The van der Waals surface area contributed by atoms with Crippen molar-refractivity contribution >= 4 is 44.6 Å². The molecule has 11 heteroatoms. The predicted molar refractivity (Wildman–Crippen MR) is 109 cm³/mol. The number of ether oxygens (including phenoxy) is 2. The normalized spacial score (nSPS) is 10.3. The van der Waals surface area contributed by atoms with Crippen LogP contribution in [0.25, 0.3) is 0 Å². The number of aromatic nitrogens is 2. The number of rotatable bonds is 7. The third-order valence-corrected chi connectivity index (χ3v) is 4.34. The molecule has 2 aromatic carbocycles. The monoisotopic (exact) mass is 463 g/mol. The van der Waals surface area contributed by atoms with Crippen molar-refractivity contribution in [3.05, 3.63) is 63.1 Å². The Morgan fingerprint density at radius 1 is 1.03 bits per heavy atom. The smallest absolute Gasteiger partial charge is 0.353 e. The van der Waals surface area contributed by atoms with Crippen molar-refractivity contribution < 1.29 is 18.8 Å². The van der Waals surface area contributed by atoms with Gasteiger partial charge in [-0.3, -0.25) is 10.1 Å². The molecule has 0 saturated heterocycles. The first-order chi connectivity index (χ1) is 13.9. The molecule has 29 heavy (non-hydrogen) atoms. The van der Waals surface area contributed by atoms with Crippen molar-refractivity contribution in [1.82, 2.24) is 9.97 Å². The van der Waals surface area contributed by atoms with Crippen LogP contribution in [0.4, 0.5) is 33.1 Å². The maximum Gasteiger partial charge on any atom is 0.353 e. The molecule has 0 spiro atoms. The minimum atomic E-state index is -0.659. The van der Waals surface area contributed by atoms with Crippen LogP contribution in [0, 0.1) is 15.9 Å². The summed E-state index contributed by atoms with van der Waals surface area (Å²) in [5, 5.41) is 17.2. The number of halogens is 2. The fourth-order valence-corrected chi connectivity index (χ4v) is 2.83. The van der Waals surface area contributed by atoms with Gasteiger partial charge in [0.05, 0.1) is 30.5 Å². The number of nitrogens with one attached hydrogen (secondary N) is 2. The topological polar surface area (TPSA) is 111 Å². The summed E-state index contributed by atoms with van der Waals surface area (Å²) in [6, 6.07) is 9.19. The van der Waals surface area contributed by atoms with E-state index in [4.69, 9.17) is 9.47 Å². The number of hydrogen-bond acceptors (Lipinski definition) is 8. The third kappa shape index (κ3) is 4.51. The SMILES string of the molecule is COc1ccc(OC)c(Nc2ncnc(Nc3ccc(Br)cc3F)c2[N+](=O)[O-])c1. The number of methoxy groups -OCH3 is 2. The van der Waals surface area contributed by atoms with Gasteiger partial charge in [0.2, 0.25) is 11.6 Å². The summed E-state index contributed by atoms with van der Waals surface area (Å²) in [5.74, 6) is 0.0656. The summed E-state index contributed by atoms with van der Waals surface area (Å²) in [7, 11) is 2.96. The van der Waals surface area contributed by atoms with E-state index in [1.807, 2.05) is 0 Å². The molecule has 0 unspecified atom stereocenters. The molecule has 0 radical (unpaired) electrons. The highest BCUT2D eigenvalue weighted by atomic mass is 79.9. The number of anilines is 4. The Bertz CT molecular complexity index is 1070. The zero-order chi connectivity index (χ0) is 21.0. The maximum absolute atomic E-state index is 14.1. The molecule has 150 valence electrons. The minimum absolute atomic E-state index is 0.0277. The van der Waals surface area contributed by atoms with Gasteiger partial charge in [-0.1, -0.05) is 15.9 Å². The molecule has 0 aliphatic rings. The minimum Gasteiger partial charge on any atom is -0.497 e. The Labute approximate surface area is 173 Å². The van der Waals surface area contributed by atoms with Crippen LogP contribution in [0.15, 0.2) is 47.2 Å².